The van der Waals surface area contributed by atoms with Crippen LogP contribution in [0.15, 0.2) is 24.3 Å². The van der Waals surface area contributed by atoms with Crippen molar-refractivity contribution in [3.05, 3.63) is 63.8 Å². The third-order valence-electron chi connectivity index (χ3n) is 3.68. The molecule has 0 aliphatic heterocycles. The van der Waals surface area contributed by atoms with Crippen LogP contribution in [0.25, 0.3) is 10.1 Å². The highest BCUT2D eigenvalue weighted by molar-refractivity contribution is 7.46. The lowest BCUT2D eigenvalue weighted by molar-refractivity contribution is 0.0720. The van der Waals surface area contributed by atoms with Crippen LogP contribution in [0.5, 0.6) is 5.75 Å². The Labute approximate surface area is 161 Å². The first kappa shape index (κ1) is 21.4. The first-order valence-corrected chi connectivity index (χ1v) is 9.35. The van der Waals surface area contributed by atoms with E-state index in [0.29, 0.717) is 11.3 Å². The van der Waals surface area contributed by atoms with Gasteiger partial charge in [0.1, 0.15) is 4.88 Å². The van der Waals surface area contributed by atoms with E-state index in [1.54, 1.807) is 0 Å². The SMILES string of the molecule is O=C(Oc1c(F)c(F)c(F)c(F)c1F)c1cc2cc(C(F)(F)P(O)O)ccc2s1. The normalized spacial score (nSPS) is 12.1. The van der Waals surface area contributed by atoms with E-state index < -0.39 is 60.4 Å². The largest absolute Gasteiger partial charge is 0.416 e. The van der Waals surface area contributed by atoms with Gasteiger partial charge in [-0.15, -0.1) is 11.3 Å². The van der Waals surface area contributed by atoms with Gasteiger partial charge in [0.25, 0.3) is 0 Å². The Morgan fingerprint density at radius 1 is 0.931 bits per heavy atom. The topological polar surface area (TPSA) is 66.8 Å². The molecule has 2 aromatic carbocycles. The number of rotatable bonds is 4. The molecule has 1 heterocycles. The molecule has 2 N–H and O–H groups in total. The molecule has 0 bridgehead atoms. The number of benzene rings is 2. The van der Waals surface area contributed by atoms with Crippen molar-refractivity contribution < 1.29 is 50.1 Å². The van der Waals surface area contributed by atoms with Gasteiger partial charge in [0.2, 0.25) is 43.2 Å². The summed E-state index contributed by atoms with van der Waals surface area (Å²) in [6, 6.07) is 3.82. The summed E-state index contributed by atoms with van der Waals surface area (Å²) in [7, 11) is -3.64. The molecule has 0 fully saturated rings. The van der Waals surface area contributed by atoms with Crippen molar-refractivity contribution in [3.63, 3.8) is 0 Å². The Morgan fingerprint density at radius 3 is 2.03 bits per heavy atom. The minimum atomic E-state index is -3.96. The van der Waals surface area contributed by atoms with Crippen LogP contribution in [0.2, 0.25) is 0 Å². The van der Waals surface area contributed by atoms with E-state index in [1.807, 2.05) is 0 Å². The molecule has 3 aromatic rings. The summed E-state index contributed by atoms with van der Waals surface area (Å²) in [6.07, 6.45) is 0. The standard InChI is InChI=1S/C16H6F7O4PS/c17-9-10(18)12(20)14(13(21)11(9)19)27-15(24)8-4-5-3-6(1-2-7(5)29-8)16(22,23)28(25)26/h1-4,25-26H. The summed E-state index contributed by atoms with van der Waals surface area (Å²) in [5.74, 6) is -15.0. The van der Waals surface area contributed by atoms with Crippen LogP contribution in [0.3, 0.4) is 0 Å². The maximum absolute atomic E-state index is 13.7. The van der Waals surface area contributed by atoms with Gasteiger partial charge >= 0.3 is 11.6 Å². The van der Waals surface area contributed by atoms with E-state index >= 15 is 0 Å². The van der Waals surface area contributed by atoms with Crippen molar-refractivity contribution in [2.45, 2.75) is 5.66 Å². The summed E-state index contributed by atoms with van der Waals surface area (Å²) >= 11 is 0.630. The molecule has 0 spiro atoms. The number of ether oxygens (including phenoxy) is 1. The van der Waals surface area contributed by atoms with Gasteiger partial charge in [-0.1, -0.05) is 6.07 Å². The highest BCUT2D eigenvalue weighted by atomic mass is 32.1. The van der Waals surface area contributed by atoms with E-state index in [2.05, 4.69) is 4.74 Å². The molecule has 0 saturated carbocycles. The molecule has 0 radical (unpaired) electrons. The van der Waals surface area contributed by atoms with Crippen molar-refractivity contribution in [1.29, 1.82) is 0 Å². The summed E-state index contributed by atoms with van der Waals surface area (Å²) in [4.78, 5) is 29.3. The second-order valence-corrected chi connectivity index (χ2v) is 7.71. The lowest BCUT2D eigenvalue weighted by atomic mass is 10.1. The molecule has 1 aromatic heterocycles. The maximum atomic E-state index is 13.7. The zero-order valence-electron chi connectivity index (χ0n) is 13.5. The highest BCUT2D eigenvalue weighted by Gasteiger charge is 2.41. The molecule has 0 unspecified atom stereocenters. The fraction of sp³-hybridized carbons (Fsp3) is 0.0625. The van der Waals surface area contributed by atoms with Crippen LogP contribution in [-0.4, -0.2) is 15.8 Å². The average molecular weight is 458 g/mol. The lowest BCUT2D eigenvalue weighted by Gasteiger charge is -2.17. The molecule has 4 nitrogen and oxygen atoms in total. The fourth-order valence-electron chi connectivity index (χ4n) is 2.26. The Balaban J connectivity index is 1.97. The Bertz CT molecular complexity index is 1100. The van der Waals surface area contributed by atoms with Crippen LogP contribution >= 0.6 is 19.7 Å². The molecule has 0 aliphatic carbocycles. The number of alkyl halides is 2. The number of hydrogen-bond acceptors (Lipinski definition) is 5. The number of halogens is 7. The Kier molecular flexibility index (Phi) is 5.56. The van der Waals surface area contributed by atoms with Gasteiger partial charge in [0.05, 0.1) is 0 Å². The van der Waals surface area contributed by atoms with Gasteiger partial charge in [-0.2, -0.15) is 17.6 Å². The quantitative estimate of drug-likeness (QED) is 0.142. The number of thiophene rings is 1. The third kappa shape index (κ3) is 3.68. The molecule has 154 valence electrons. The average Bonchev–Trinajstić information content (AvgIpc) is 3.11. The van der Waals surface area contributed by atoms with E-state index in [0.717, 1.165) is 24.3 Å². The minimum Gasteiger partial charge on any atom is -0.416 e. The maximum Gasteiger partial charge on any atom is 0.353 e. The van der Waals surface area contributed by atoms with Crippen molar-refractivity contribution in [1.82, 2.24) is 0 Å². The molecule has 29 heavy (non-hydrogen) atoms. The summed E-state index contributed by atoms with van der Waals surface area (Å²) < 4.78 is 98.6. The van der Waals surface area contributed by atoms with Crippen molar-refractivity contribution in [2.24, 2.45) is 0 Å². The van der Waals surface area contributed by atoms with Crippen molar-refractivity contribution >= 4 is 35.8 Å². The monoisotopic (exact) mass is 458 g/mol. The minimum absolute atomic E-state index is 0.0217. The van der Waals surface area contributed by atoms with Gasteiger partial charge in [0.15, 0.2) is 0 Å². The van der Waals surface area contributed by atoms with Crippen LogP contribution < -0.4 is 4.74 Å². The van der Waals surface area contributed by atoms with Crippen LogP contribution in [0.1, 0.15) is 15.2 Å². The van der Waals surface area contributed by atoms with E-state index in [-0.39, 0.29) is 15.0 Å². The molecule has 13 heteroatoms. The Hall–Kier alpha value is -2.27. The molecular formula is C16H6F7O4PS. The van der Waals surface area contributed by atoms with Gasteiger partial charge in [-0.25, -0.2) is 18.0 Å². The summed E-state index contributed by atoms with van der Waals surface area (Å²) in [6.45, 7) is 0. The second-order valence-electron chi connectivity index (χ2n) is 5.48. The second kappa shape index (κ2) is 7.52. The Morgan fingerprint density at radius 2 is 1.48 bits per heavy atom. The van der Waals surface area contributed by atoms with E-state index in [1.165, 1.54) is 0 Å². The van der Waals surface area contributed by atoms with Crippen molar-refractivity contribution in [3.8, 4) is 5.75 Å². The predicted molar refractivity (Wildman–Crippen MR) is 88.3 cm³/mol. The van der Waals surface area contributed by atoms with Crippen LogP contribution in [-0.2, 0) is 5.66 Å². The predicted octanol–water partition coefficient (Wildman–Crippen LogP) is 5.16. The van der Waals surface area contributed by atoms with E-state index in [4.69, 9.17) is 9.79 Å². The van der Waals surface area contributed by atoms with Gasteiger partial charge in [0, 0.05) is 10.3 Å². The first-order chi connectivity index (χ1) is 13.4. The first-order valence-electron chi connectivity index (χ1n) is 7.28. The number of carbonyl (C=O) groups excluding carboxylic acids is 1. The van der Waals surface area contributed by atoms with Gasteiger partial charge in [-0.05, 0) is 23.6 Å². The molecule has 0 saturated heterocycles. The number of hydrogen-bond donors (Lipinski definition) is 2. The van der Waals surface area contributed by atoms with E-state index in [9.17, 15) is 35.5 Å². The molecule has 0 atom stereocenters. The highest BCUT2D eigenvalue weighted by Crippen LogP contribution is 2.53. The lowest BCUT2D eigenvalue weighted by Crippen LogP contribution is -2.12. The smallest absolute Gasteiger partial charge is 0.353 e. The zero-order chi connectivity index (χ0) is 21.7. The molecule has 3 rings (SSSR count). The third-order valence-corrected chi connectivity index (χ3v) is 5.54. The zero-order valence-corrected chi connectivity index (χ0v) is 15.2. The van der Waals surface area contributed by atoms with Crippen molar-refractivity contribution in [2.75, 3.05) is 0 Å². The van der Waals surface area contributed by atoms with Gasteiger partial charge < -0.3 is 14.5 Å². The fourth-order valence-corrected chi connectivity index (χ4v) is 3.55. The van der Waals surface area contributed by atoms with Gasteiger partial charge in [-0.3, -0.25) is 0 Å². The summed E-state index contributed by atoms with van der Waals surface area (Å²) in [5.41, 5.74) is -4.72. The summed E-state index contributed by atoms with van der Waals surface area (Å²) in [5, 5.41) is 0.0217. The molecule has 0 aliphatic rings. The number of carbonyl (C=O) groups is 1. The molecule has 0 amide bonds. The number of fused-ring (bicyclic) bond motifs is 1. The molecular weight excluding hydrogens is 452 g/mol. The number of esters is 1. The van der Waals surface area contributed by atoms with Crippen LogP contribution in [0.4, 0.5) is 30.7 Å². The van der Waals surface area contributed by atoms with Crippen LogP contribution in [0, 0.1) is 29.1 Å².